The molecule has 0 aliphatic carbocycles. The van der Waals surface area contributed by atoms with Crippen LogP contribution < -0.4 is 10.3 Å². The normalized spacial score (nSPS) is 16.7. The largest absolute Gasteiger partial charge is 0.467 e. The van der Waals surface area contributed by atoms with Gasteiger partial charge in [-0.15, -0.1) is 0 Å². The van der Waals surface area contributed by atoms with Crippen molar-refractivity contribution in [3.8, 4) is 5.19 Å². The minimum absolute atomic E-state index is 0.0869. The molecule has 8 nitrogen and oxygen atoms in total. The van der Waals surface area contributed by atoms with E-state index in [2.05, 4.69) is 9.97 Å². The Morgan fingerprint density at radius 1 is 1.21 bits per heavy atom. The molecule has 1 N–H and O–H groups in total. The number of nitrogens with one attached hydrogen (secondary N) is 1. The molecule has 0 amide bonds. The Hall–Kier alpha value is -2.56. The van der Waals surface area contributed by atoms with E-state index in [9.17, 15) is 13.2 Å². The fraction of sp³-hybridized carbons (Fsp3) is 0.316. The molecule has 4 aromatic rings. The molecule has 4 heterocycles. The minimum Gasteiger partial charge on any atom is -0.467 e. The van der Waals surface area contributed by atoms with Crippen LogP contribution in [0.5, 0.6) is 5.19 Å². The van der Waals surface area contributed by atoms with Crippen LogP contribution in [-0.2, 0) is 10.0 Å². The van der Waals surface area contributed by atoms with Gasteiger partial charge in [0.25, 0.3) is 10.8 Å². The Balaban J connectivity index is 1.56. The van der Waals surface area contributed by atoms with Gasteiger partial charge in [0.05, 0.1) is 21.9 Å². The van der Waals surface area contributed by atoms with Gasteiger partial charge in [-0.05, 0) is 25.0 Å². The van der Waals surface area contributed by atoms with Crippen LogP contribution >= 0.6 is 11.3 Å². The molecule has 1 saturated heterocycles. The van der Waals surface area contributed by atoms with Crippen LogP contribution in [0.2, 0.25) is 0 Å². The van der Waals surface area contributed by atoms with Gasteiger partial charge in [-0.1, -0.05) is 11.3 Å². The fourth-order valence-electron chi connectivity index (χ4n) is 3.88. The van der Waals surface area contributed by atoms with Crippen molar-refractivity contribution < 1.29 is 13.2 Å². The van der Waals surface area contributed by atoms with Gasteiger partial charge in [0.15, 0.2) is 0 Å². The van der Waals surface area contributed by atoms with E-state index in [4.69, 9.17) is 9.72 Å². The summed E-state index contributed by atoms with van der Waals surface area (Å²) in [5.74, 6) is 0. The summed E-state index contributed by atoms with van der Waals surface area (Å²) in [5, 5.41) is 3.57. The number of benzene rings is 1. The number of rotatable bonds is 3. The number of thiazole rings is 1. The molecule has 29 heavy (non-hydrogen) atoms. The molecule has 3 aromatic heterocycles. The summed E-state index contributed by atoms with van der Waals surface area (Å²) in [7, 11) is -3.17. The highest BCUT2D eigenvalue weighted by Crippen LogP contribution is 2.39. The molecule has 1 fully saturated rings. The lowest BCUT2D eigenvalue weighted by Crippen LogP contribution is -2.41. The van der Waals surface area contributed by atoms with Crippen LogP contribution in [0.15, 0.2) is 35.5 Å². The monoisotopic (exact) mass is 430 g/mol. The van der Waals surface area contributed by atoms with Crippen LogP contribution in [0.1, 0.15) is 12.8 Å². The van der Waals surface area contributed by atoms with Crippen molar-refractivity contribution in [1.82, 2.24) is 19.3 Å². The Kier molecular flexibility index (Phi) is 4.30. The molecule has 1 aromatic carbocycles. The van der Waals surface area contributed by atoms with Crippen LogP contribution in [0.25, 0.3) is 31.8 Å². The fourth-order valence-corrected chi connectivity index (χ4v) is 5.78. The van der Waals surface area contributed by atoms with E-state index in [0.717, 1.165) is 26.4 Å². The summed E-state index contributed by atoms with van der Waals surface area (Å²) in [5.41, 5.74) is 0.625. The summed E-state index contributed by atoms with van der Waals surface area (Å²) in [6.07, 6.45) is 7.39. The number of ether oxygens (including phenoxy) is 1. The second kappa shape index (κ2) is 6.75. The van der Waals surface area contributed by atoms with Gasteiger partial charge < -0.3 is 9.72 Å². The van der Waals surface area contributed by atoms with Crippen LogP contribution in [0.4, 0.5) is 0 Å². The summed E-state index contributed by atoms with van der Waals surface area (Å²) < 4.78 is 31.9. The zero-order valence-electron chi connectivity index (χ0n) is 15.6. The van der Waals surface area contributed by atoms with E-state index in [1.54, 1.807) is 18.6 Å². The number of aromatic nitrogens is 3. The number of sulfonamides is 1. The molecule has 0 bridgehead atoms. The second-order valence-corrected chi connectivity index (χ2v) is 10.1. The van der Waals surface area contributed by atoms with Crippen molar-refractivity contribution >= 4 is 53.1 Å². The van der Waals surface area contributed by atoms with E-state index in [1.165, 1.54) is 21.9 Å². The Labute approximate surface area is 170 Å². The first-order valence-corrected chi connectivity index (χ1v) is 11.9. The first-order chi connectivity index (χ1) is 13.9. The zero-order valence-corrected chi connectivity index (χ0v) is 17.2. The second-order valence-electron chi connectivity index (χ2n) is 7.15. The van der Waals surface area contributed by atoms with Gasteiger partial charge in [0.1, 0.15) is 6.10 Å². The van der Waals surface area contributed by atoms with Crippen molar-refractivity contribution in [2.75, 3.05) is 19.3 Å². The third-order valence-electron chi connectivity index (χ3n) is 5.30. The topological polar surface area (TPSA) is 105 Å². The molecule has 0 unspecified atom stereocenters. The Morgan fingerprint density at radius 3 is 2.76 bits per heavy atom. The lowest BCUT2D eigenvalue weighted by Gasteiger charge is -2.29. The maximum atomic E-state index is 12.5. The predicted octanol–water partition coefficient (Wildman–Crippen LogP) is 2.49. The molecule has 0 atom stereocenters. The Morgan fingerprint density at radius 2 is 2.00 bits per heavy atom. The third-order valence-corrected chi connectivity index (χ3v) is 7.58. The van der Waals surface area contributed by atoms with Gasteiger partial charge in [0, 0.05) is 47.8 Å². The molecule has 0 radical (unpaired) electrons. The molecular weight excluding hydrogens is 412 g/mol. The highest BCUT2D eigenvalue weighted by atomic mass is 32.2. The quantitative estimate of drug-likeness (QED) is 0.501. The Bertz CT molecular complexity index is 1400. The lowest BCUT2D eigenvalue weighted by molar-refractivity contribution is 0.135. The molecule has 1 aliphatic rings. The molecule has 0 saturated carbocycles. The molecule has 10 heteroatoms. The minimum atomic E-state index is -3.17. The van der Waals surface area contributed by atoms with Crippen molar-refractivity contribution in [2.24, 2.45) is 0 Å². The summed E-state index contributed by atoms with van der Waals surface area (Å²) in [6, 6.07) is 3.73. The maximum absolute atomic E-state index is 12.5. The van der Waals surface area contributed by atoms with E-state index in [-0.39, 0.29) is 11.7 Å². The van der Waals surface area contributed by atoms with E-state index >= 15 is 0 Å². The molecular formula is C19H18N4O4S2. The highest BCUT2D eigenvalue weighted by molar-refractivity contribution is 7.88. The van der Waals surface area contributed by atoms with Crippen molar-refractivity contribution in [3.05, 3.63) is 41.1 Å². The lowest BCUT2D eigenvalue weighted by atomic mass is 10.0. The van der Waals surface area contributed by atoms with E-state index < -0.39 is 10.0 Å². The van der Waals surface area contributed by atoms with E-state index in [1.807, 2.05) is 12.1 Å². The molecule has 150 valence electrons. The smallest absolute Gasteiger partial charge is 0.274 e. The van der Waals surface area contributed by atoms with Crippen LogP contribution in [0.3, 0.4) is 0 Å². The number of hydrogen-bond donors (Lipinski definition) is 1. The van der Waals surface area contributed by atoms with E-state index in [0.29, 0.717) is 36.5 Å². The van der Waals surface area contributed by atoms with Gasteiger partial charge in [0.2, 0.25) is 10.0 Å². The first kappa shape index (κ1) is 18.5. The standard InChI is InChI=1S/C19H18N4O4S2/c1-29(25,26)23-8-4-11(5-9-23)27-19-22-16-12-2-6-20-10-14(12)15-13(17(16)28-19)3-7-21-18(15)24/h2-3,6-7,10-11H,4-5,8-9H2,1H3,(H,21,24). The summed E-state index contributed by atoms with van der Waals surface area (Å²) in [6.45, 7) is 0.891. The van der Waals surface area contributed by atoms with Gasteiger partial charge in [-0.3, -0.25) is 9.78 Å². The van der Waals surface area contributed by atoms with Gasteiger partial charge >= 0.3 is 0 Å². The average Bonchev–Trinajstić information content (AvgIpc) is 3.12. The third kappa shape index (κ3) is 3.17. The molecule has 0 spiro atoms. The van der Waals surface area contributed by atoms with Crippen LogP contribution in [0, 0.1) is 0 Å². The predicted molar refractivity (Wildman–Crippen MR) is 113 cm³/mol. The molecule has 1 aliphatic heterocycles. The van der Waals surface area contributed by atoms with Gasteiger partial charge in [-0.2, -0.15) is 0 Å². The van der Waals surface area contributed by atoms with Gasteiger partial charge in [-0.25, -0.2) is 17.7 Å². The van der Waals surface area contributed by atoms with Crippen molar-refractivity contribution in [3.63, 3.8) is 0 Å². The summed E-state index contributed by atoms with van der Waals surface area (Å²) in [4.78, 5) is 24.1. The number of H-pyrrole nitrogens is 1. The average molecular weight is 431 g/mol. The zero-order chi connectivity index (χ0) is 20.2. The summed E-state index contributed by atoms with van der Waals surface area (Å²) >= 11 is 1.41. The number of hydrogen-bond acceptors (Lipinski definition) is 7. The number of aromatic amines is 1. The van der Waals surface area contributed by atoms with Crippen molar-refractivity contribution in [1.29, 1.82) is 0 Å². The first-order valence-electron chi connectivity index (χ1n) is 9.21. The number of pyridine rings is 2. The van der Waals surface area contributed by atoms with Crippen LogP contribution in [-0.4, -0.2) is 53.1 Å². The maximum Gasteiger partial charge on any atom is 0.274 e. The number of piperidine rings is 1. The highest BCUT2D eigenvalue weighted by Gasteiger charge is 2.27. The SMILES string of the molecule is CS(=O)(=O)N1CCC(Oc2nc3c4ccncc4c4c(=O)[nH]ccc4c3s2)CC1. The number of fused-ring (bicyclic) bond motifs is 6. The number of nitrogens with zero attached hydrogens (tertiary/aromatic N) is 3. The van der Waals surface area contributed by atoms with Crippen molar-refractivity contribution in [2.45, 2.75) is 18.9 Å². The molecule has 5 rings (SSSR count).